The third kappa shape index (κ3) is 3.33. The molecule has 0 aromatic carbocycles. The number of aromatic nitrogens is 2. The topological polar surface area (TPSA) is 79.1 Å². The maximum absolute atomic E-state index is 5.52. The molecule has 0 amide bonds. The fourth-order valence-electron chi connectivity index (χ4n) is 2.63. The molecule has 0 saturated carbocycles. The summed E-state index contributed by atoms with van der Waals surface area (Å²) in [4.78, 5) is 10.9. The number of hydrogen-bond donors (Lipinski definition) is 3. The van der Waals surface area contributed by atoms with Crippen LogP contribution in [0.25, 0.3) is 0 Å². The van der Waals surface area contributed by atoms with Gasteiger partial charge >= 0.3 is 0 Å². The Kier molecular flexibility index (Phi) is 4.55. The van der Waals surface area contributed by atoms with E-state index in [-0.39, 0.29) is 0 Å². The van der Waals surface area contributed by atoms with Gasteiger partial charge in [0.25, 0.3) is 0 Å². The normalized spacial score (nSPS) is 19.9. The lowest BCUT2D eigenvalue weighted by molar-refractivity contribution is 0.399. The van der Waals surface area contributed by atoms with Crippen LogP contribution in [0.4, 0.5) is 11.6 Å². The van der Waals surface area contributed by atoms with Gasteiger partial charge in [-0.25, -0.2) is 15.8 Å². The summed E-state index contributed by atoms with van der Waals surface area (Å²) in [6.45, 7) is 7.52. The molecule has 0 bridgehead atoms. The van der Waals surface area contributed by atoms with Crippen LogP contribution in [0, 0.1) is 5.92 Å². The van der Waals surface area contributed by atoms with Gasteiger partial charge in [0.2, 0.25) is 0 Å². The standard InChI is InChI=1S/C13H24N6/c1-9(2)11-12(16-8-17-13(11)18-14)15-6-10-4-5-19(3)7-10/h8-10H,4-7,14H2,1-3H3,(H2,15,16,17,18). The highest BCUT2D eigenvalue weighted by Gasteiger charge is 2.20. The Morgan fingerprint density at radius 2 is 2.16 bits per heavy atom. The largest absolute Gasteiger partial charge is 0.369 e. The zero-order valence-electron chi connectivity index (χ0n) is 12.0. The van der Waals surface area contributed by atoms with E-state index in [2.05, 4.69) is 46.5 Å². The fraction of sp³-hybridized carbons (Fsp3) is 0.692. The highest BCUT2D eigenvalue weighted by Crippen LogP contribution is 2.28. The van der Waals surface area contributed by atoms with E-state index >= 15 is 0 Å². The van der Waals surface area contributed by atoms with Crippen LogP contribution in [0.1, 0.15) is 31.7 Å². The minimum absolute atomic E-state index is 0.320. The number of nitrogen functional groups attached to an aromatic ring is 1. The molecule has 2 heterocycles. The van der Waals surface area contributed by atoms with E-state index in [1.54, 1.807) is 6.33 Å². The lowest BCUT2D eigenvalue weighted by Gasteiger charge is -2.18. The van der Waals surface area contributed by atoms with Gasteiger partial charge in [0.1, 0.15) is 18.0 Å². The van der Waals surface area contributed by atoms with Crippen LogP contribution in [0.15, 0.2) is 6.33 Å². The molecule has 1 saturated heterocycles. The van der Waals surface area contributed by atoms with Crippen LogP contribution in [-0.2, 0) is 0 Å². The Labute approximate surface area is 114 Å². The predicted octanol–water partition coefficient (Wildman–Crippen LogP) is 1.25. The molecule has 1 aliphatic rings. The summed E-state index contributed by atoms with van der Waals surface area (Å²) in [5.41, 5.74) is 3.71. The van der Waals surface area contributed by atoms with Crippen LogP contribution >= 0.6 is 0 Å². The molecule has 1 fully saturated rings. The van der Waals surface area contributed by atoms with Gasteiger partial charge in [-0.05, 0) is 31.8 Å². The van der Waals surface area contributed by atoms with Crippen LogP contribution in [-0.4, -0.2) is 41.5 Å². The molecule has 1 aliphatic heterocycles. The van der Waals surface area contributed by atoms with Crippen molar-refractivity contribution in [1.82, 2.24) is 14.9 Å². The van der Waals surface area contributed by atoms with Crippen molar-refractivity contribution < 1.29 is 0 Å². The van der Waals surface area contributed by atoms with Gasteiger partial charge in [-0.3, -0.25) is 0 Å². The number of likely N-dealkylation sites (tertiary alicyclic amines) is 1. The van der Waals surface area contributed by atoms with E-state index in [0.717, 1.165) is 24.5 Å². The zero-order valence-corrected chi connectivity index (χ0v) is 12.0. The molecule has 19 heavy (non-hydrogen) atoms. The molecule has 1 aromatic heterocycles. The lowest BCUT2D eigenvalue weighted by atomic mass is 10.0. The first-order valence-corrected chi connectivity index (χ1v) is 6.85. The second-order valence-electron chi connectivity index (χ2n) is 5.58. The average molecular weight is 264 g/mol. The Morgan fingerprint density at radius 3 is 2.74 bits per heavy atom. The molecule has 1 atom stereocenters. The van der Waals surface area contributed by atoms with Gasteiger partial charge in [0.15, 0.2) is 0 Å². The summed E-state index contributed by atoms with van der Waals surface area (Å²) < 4.78 is 0. The second-order valence-corrected chi connectivity index (χ2v) is 5.58. The summed E-state index contributed by atoms with van der Waals surface area (Å²) in [7, 11) is 2.17. The summed E-state index contributed by atoms with van der Waals surface area (Å²) in [6.07, 6.45) is 2.79. The number of nitrogens with zero attached hydrogens (tertiary/aromatic N) is 3. The quantitative estimate of drug-likeness (QED) is 0.549. The minimum atomic E-state index is 0.320. The predicted molar refractivity (Wildman–Crippen MR) is 78.0 cm³/mol. The first-order valence-electron chi connectivity index (χ1n) is 6.85. The summed E-state index contributed by atoms with van der Waals surface area (Å²) in [6, 6.07) is 0. The number of nitrogens with two attached hydrogens (primary N) is 1. The Morgan fingerprint density at radius 1 is 1.42 bits per heavy atom. The molecule has 0 aliphatic carbocycles. The first kappa shape index (κ1) is 14.0. The molecule has 6 heteroatoms. The van der Waals surface area contributed by atoms with E-state index in [4.69, 9.17) is 5.84 Å². The molecule has 1 aromatic rings. The maximum Gasteiger partial charge on any atom is 0.148 e. The molecule has 2 rings (SSSR count). The number of hydrogen-bond acceptors (Lipinski definition) is 6. The highest BCUT2D eigenvalue weighted by molar-refractivity contribution is 5.58. The first-order chi connectivity index (χ1) is 9.11. The number of rotatable bonds is 5. The number of nitrogens with one attached hydrogen (secondary N) is 2. The maximum atomic E-state index is 5.52. The van der Waals surface area contributed by atoms with E-state index in [1.165, 1.54) is 13.0 Å². The van der Waals surface area contributed by atoms with Gasteiger partial charge in [-0.1, -0.05) is 13.8 Å². The Balaban J connectivity index is 2.07. The monoisotopic (exact) mass is 264 g/mol. The third-order valence-corrected chi connectivity index (χ3v) is 3.65. The third-order valence-electron chi connectivity index (χ3n) is 3.65. The lowest BCUT2D eigenvalue weighted by Crippen LogP contribution is -2.21. The van der Waals surface area contributed by atoms with Crippen LogP contribution in [0.5, 0.6) is 0 Å². The SMILES string of the molecule is CC(C)c1c(NN)ncnc1NCC1CCN(C)C1. The van der Waals surface area contributed by atoms with Crippen molar-refractivity contribution in [3.63, 3.8) is 0 Å². The fourth-order valence-corrected chi connectivity index (χ4v) is 2.63. The van der Waals surface area contributed by atoms with Crippen LogP contribution in [0.3, 0.4) is 0 Å². The van der Waals surface area contributed by atoms with Crippen molar-refractivity contribution in [1.29, 1.82) is 0 Å². The number of hydrazine groups is 1. The smallest absolute Gasteiger partial charge is 0.148 e. The second kappa shape index (κ2) is 6.16. The van der Waals surface area contributed by atoms with E-state index in [0.29, 0.717) is 17.7 Å². The van der Waals surface area contributed by atoms with Gasteiger partial charge in [0.05, 0.1) is 0 Å². The molecular formula is C13H24N6. The van der Waals surface area contributed by atoms with Crippen molar-refractivity contribution in [2.75, 3.05) is 37.4 Å². The van der Waals surface area contributed by atoms with Crippen molar-refractivity contribution >= 4 is 11.6 Å². The summed E-state index contributed by atoms with van der Waals surface area (Å²) in [5, 5.41) is 3.46. The van der Waals surface area contributed by atoms with Gasteiger partial charge in [-0.2, -0.15) is 0 Å². The molecule has 1 unspecified atom stereocenters. The van der Waals surface area contributed by atoms with Crippen LogP contribution in [0.2, 0.25) is 0 Å². The average Bonchev–Trinajstić information content (AvgIpc) is 2.81. The van der Waals surface area contributed by atoms with Gasteiger partial charge < -0.3 is 15.6 Å². The molecule has 0 radical (unpaired) electrons. The van der Waals surface area contributed by atoms with Gasteiger partial charge in [-0.15, -0.1) is 0 Å². The van der Waals surface area contributed by atoms with Crippen LogP contribution < -0.4 is 16.6 Å². The minimum Gasteiger partial charge on any atom is -0.369 e. The number of anilines is 2. The summed E-state index contributed by atoms with van der Waals surface area (Å²) >= 11 is 0. The molecule has 6 nitrogen and oxygen atoms in total. The van der Waals surface area contributed by atoms with E-state index in [1.807, 2.05) is 0 Å². The van der Waals surface area contributed by atoms with E-state index in [9.17, 15) is 0 Å². The summed E-state index contributed by atoms with van der Waals surface area (Å²) in [5.74, 6) is 8.13. The van der Waals surface area contributed by atoms with Gasteiger partial charge in [0, 0.05) is 18.7 Å². The van der Waals surface area contributed by atoms with E-state index < -0.39 is 0 Å². The molecule has 0 spiro atoms. The van der Waals surface area contributed by atoms with Crippen molar-refractivity contribution in [2.24, 2.45) is 11.8 Å². The Bertz CT molecular complexity index is 420. The molecule has 106 valence electrons. The highest BCUT2D eigenvalue weighted by atomic mass is 15.3. The van der Waals surface area contributed by atoms with Crippen molar-refractivity contribution in [2.45, 2.75) is 26.2 Å². The molecular weight excluding hydrogens is 240 g/mol. The van der Waals surface area contributed by atoms with Crippen molar-refractivity contribution in [3.8, 4) is 0 Å². The zero-order chi connectivity index (χ0) is 13.8. The molecule has 4 N–H and O–H groups in total. The Hall–Kier alpha value is -1.40. The van der Waals surface area contributed by atoms with Crippen molar-refractivity contribution in [3.05, 3.63) is 11.9 Å².